The maximum absolute atomic E-state index is 12.7. The van der Waals surface area contributed by atoms with Gasteiger partial charge in [0.15, 0.2) is 0 Å². The van der Waals surface area contributed by atoms with Crippen LogP contribution in [-0.2, 0) is 4.79 Å². The third-order valence-corrected chi connectivity index (χ3v) is 5.49. The molecule has 5 atom stereocenters. The molecule has 0 aromatic heterocycles. The highest BCUT2D eigenvalue weighted by atomic mass is 35.5. The van der Waals surface area contributed by atoms with Gasteiger partial charge in [-0.3, -0.25) is 4.79 Å². The molecule has 0 radical (unpaired) electrons. The number of hydrogen-bond acceptors (Lipinski definition) is 3. The van der Waals surface area contributed by atoms with Gasteiger partial charge in [-0.05, 0) is 51.0 Å². The second-order valence-electron chi connectivity index (χ2n) is 6.91. The van der Waals surface area contributed by atoms with Gasteiger partial charge in [-0.25, -0.2) is 0 Å². The van der Waals surface area contributed by atoms with Gasteiger partial charge in [-0.1, -0.05) is 17.7 Å². The maximum Gasteiger partial charge on any atom is 0.225 e. The third-order valence-electron chi connectivity index (χ3n) is 5.49. The predicted octanol–water partition coefficient (Wildman–Crippen LogP) is 2.98. The number of carbonyl (C=O) groups is 1. The van der Waals surface area contributed by atoms with Gasteiger partial charge in [0.1, 0.15) is 5.75 Å². The van der Waals surface area contributed by atoms with Crippen LogP contribution in [0.3, 0.4) is 0 Å². The lowest BCUT2D eigenvalue weighted by molar-refractivity contribution is -0.127. The zero-order valence-corrected chi connectivity index (χ0v) is 14.9. The van der Waals surface area contributed by atoms with Crippen LogP contribution in [0.5, 0.6) is 5.75 Å². The van der Waals surface area contributed by atoms with E-state index in [2.05, 4.69) is 11.4 Å². The fourth-order valence-electron chi connectivity index (χ4n) is 4.30. The van der Waals surface area contributed by atoms with Crippen molar-refractivity contribution < 1.29 is 9.53 Å². The Balaban J connectivity index is 0.00000192. The number of halogens is 1. The summed E-state index contributed by atoms with van der Waals surface area (Å²) < 4.78 is 5.42. The molecular formula is C18H27ClN2O2. The van der Waals surface area contributed by atoms with Crippen LogP contribution in [0.4, 0.5) is 0 Å². The highest BCUT2D eigenvalue weighted by Gasteiger charge is 2.49. The van der Waals surface area contributed by atoms with Crippen LogP contribution in [0.2, 0.25) is 0 Å². The van der Waals surface area contributed by atoms with E-state index in [0.717, 1.165) is 29.7 Å². The summed E-state index contributed by atoms with van der Waals surface area (Å²) in [5, 5.41) is 3.16. The van der Waals surface area contributed by atoms with Gasteiger partial charge in [0, 0.05) is 11.6 Å². The average Bonchev–Trinajstić information content (AvgIpc) is 3.07. The molecule has 3 rings (SSSR count). The van der Waals surface area contributed by atoms with Gasteiger partial charge in [0.2, 0.25) is 5.91 Å². The Morgan fingerprint density at radius 3 is 2.65 bits per heavy atom. The third kappa shape index (κ3) is 3.33. The summed E-state index contributed by atoms with van der Waals surface area (Å²) in [5.74, 6) is 1.93. The number of carbonyl (C=O) groups excluding carboxylic acids is 1. The van der Waals surface area contributed by atoms with E-state index in [1.54, 1.807) is 7.11 Å². The lowest BCUT2D eigenvalue weighted by atomic mass is 9.84. The molecule has 0 aliphatic heterocycles. The first-order valence-corrected chi connectivity index (χ1v) is 8.21. The van der Waals surface area contributed by atoms with Crippen molar-refractivity contribution in [3.05, 3.63) is 29.3 Å². The molecule has 5 heteroatoms. The van der Waals surface area contributed by atoms with Gasteiger partial charge in [0.25, 0.3) is 0 Å². The molecule has 2 fully saturated rings. The van der Waals surface area contributed by atoms with Crippen molar-refractivity contribution in [3.63, 3.8) is 0 Å². The molecule has 5 unspecified atom stereocenters. The van der Waals surface area contributed by atoms with Gasteiger partial charge < -0.3 is 15.8 Å². The molecule has 2 aliphatic rings. The van der Waals surface area contributed by atoms with Crippen LogP contribution in [0, 0.1) is 24.7 Å². The molecular weight excluding hydrogens is 312 g/mol. The predicted molar refractivity (Wildman–Crippen MR) is 93.8 cm³/mol. The van der Waals surface area contributed by atoms with Crippen molar-refractivity contribution in [1.82, 2.24) is 5.32 Å². The second-order valence-corrected chi connectivity index (χ2v) is 6.91. The summed E-state index contributed by atoms with van der Waals surface area (Å²) in [7, 11) is 1.66. The number of fused-ring (bicyclic) bond motifs is 2. The first-order chi connectivity index (χ1) is 10.5. The number of benzene rings is 1. The van der Waals surface area contributed by atoms with E-state index < -0.39 is 0 Å². The number of methoxy groups -OCH3 is 1. The molecule has 23 heavy (non-hydrogen) atoms. The van der Waals surface area contributed by atoms with Crippen molar-refractivity contribution in [2.75, 3.05) is 7.11 Å². The molecule has 1 aromatic rings. The molecule has 3 N–H and O–H groups in total. The van der Waals surface area contributed by atoms with E-state index in [0.29, 0.717) is 11.8 Å². The molecule has 128 valence electrons. The molecule has 1 amide bonds. The Labute approximate surface area is 144 Å². The molecule has 0 heterocycles. The zero-order chi connectivity index (χ0) is 15.9. The largest absolute Gasteiger partial charge is 0.496 e. The van der Waals surface area contributed by atoms with E-state index in [4.69, 9.17) is 10.5 Å². The van der Waals surface area contributed by atoms with Gasteiger partial charge in [-0.2, -0.15) is 0 Å². The van der Waals surface area contributed by atoms with E-state index in [1.807, 2.05) is 26.0 Å². The zero-order valence-electron chi connectivity index (χ0n) is 14.0. The minimum atomic E-state index is -0.0753. The smallest absolute Gasteiger partial charge is 0.225 e. The lowest BCUT2D eigenvalue weighted by Gasteiger charge is -2.28. The standard InChI is InChI=1S/C18H26N2O2.ClH/c1-10-4-7-15(22-3)14(8-10)11(2)20-18(21)16-12-5-6-13(9-12)17(16)19;/h4,7-8,11-13,16-17H,5-6,9,19H2,1-3H3,(H,20,21);1H. The first-order valence-electron chi connectivity index (χ1n) is 8.21. The fourth-order valence-corrected chi connectivity index (χ4v) is 4.30. The first kappa shape index (κ1) is 18.1. The van der Waals surface area contributed by atoms with E-state index in [-0.39, 0.29) is 36.3 Å². The number of ether oxygens (including phenoxy) is 1. The topological polar surface area (TPSA) is 64.3 Å². The summed E-state index contributed by atoms with van der Waals surface area (Å²) >= 11 is 0. The molecule has 0 spiro atoms. The number of rotatable bonds is 4. The monoisotopic (exact) mass is 338 g/mol. The molecule has 1 aromatic carbocycles. The SMILES string of the molecule is COc1ccc(C)cc1C(C)NC(=O)C1C2CCC(C2)C1N.Cl. The van der Waals surface area contributed by atoms with Crippen molar-refractivity contribution in [2.45, 2.75) is 45.2 Å². The van der Waals surface area contributed by atoms with Crippen LogP contribution in [-0.4, -0.2) is 19.1 Å². The summed E-state index contributed by atoms with van der Waals surface area (Å²) in [4.78, 5) is 12.7. The van der Waals surface area contributed by atoms with Crippen LogP contribution in [0.15, 0.2) is 18.2 Å². The summed E-state index contributed by atoms with van der Waals surface area (Å²) in [6.45, 7) is 4.05. The number of nitrogens with one attached hydrogen (secondary N) is 1. The van der Waals surface area contributed by atoms with E-state index in [1.165, 1.54) is 6.42 Å². The Morgan fingerprint density at radius 2 is 2.04 bits per heavy atom. The maximum atomic E-state index is 12.7. The number of aryl methyl sites for hydroxylation is 1. The van der Waals surface area contributed by atoms with Crippen molar-refractivity contribution in [1.29, 1.82) is 0 Å². The van der Waals surface area contributed by atoms with Gasteiger partial charge in [0.05, 0.1) is 19.1 Å². The molecule has 2 aliphatic carbocycles. The van der Waals surface area contributed by atoms with Gasteiger partial charge in [-0.15, -0.1) is 12.4 Å². The highest BCUT2D eigenvalue weighted by molar-refractivity contribution is 5.85. The van der Waals surface area contributed by atoms with Crippen molar-refractivity contribution >= 4 is 18.3 Å². The average molecular weight is 339 g/mol. The van der Waals surface area contributed by atoms with Crippen LogP contribution < -0.4 is 15.8 Å². The Kier molecular flexibility index (Phi) is 5.58. The van der Waals surface area contributed by atoms with E-state index >= 15 is 0 Å². The minimum Gasteiger partial charge on any atom is -0.496 e. The summed E-state index contributed by atoms with van der Waals surface area (Å²) in [6, 6.07) is 6.00. The fraction of sp³-hybridized carbons (Fsp3) is 0.611. The quantitative estimate of drug-likeness (QED) is 0.887. The van der Waals surface area contributed by atoms with Gasteiger partial charge >= 0.3 is 0 Å². The van der Waals surface area contributed by atoms with E-state index in [9.17, 15) is 4.79 Å². The summed E-state index contributed by atoms with van der Waals surface area (Å²) in [5.41, 5.74) is 8.46. The summed E-state index contributed by atoms with van der Waals surface area (Å²) in [6.07, 6.45) is 3.47. The lowest BCUT2D eigenvalue weighted by Crippen LogP contribution is -2.45. The Morgan fingerprint density at radius 1 is 1.35 bits per heavy atom. The van der Waals surface area contributed by atoms with Crippen LogP contribution in [0.25, 0.3) is 0 Å². The van der Waals surface area contributed by atoms with Crippen LogP contribution >= 0.6 is 12.4 Å². The molecule has 0 saturated heterocycles. The molecule has 2 saturated carbocycles. The van der Waals surface area contributed by atoms with Crippen LogP contribution in [0.1, 0.15) is 43.4 Å². The number of nitrogens with two attached hydrogens (primary N) is 1. The Hall–Kier alpha value is -1.26. The number of hydrogen-bond donors (Lipinski definition) is 2. The normalized spacial score (nSPS) is 29.7. The van der Waals surface area contributed by atoms with Crippen molar-refractivity contribution in [3.8, 4) is 5.75 Å². The molecule has 4 nitrogen and oxygen atoms in total. The minimum absolute atomic E-state index is 0. The Bertz CT molecular complexity index is 576. The second kappa shape index (κ2) is 7.10. The highest BCUT2D eigenvalue weighted by Crippen LogP contribution is 2.47. The number of amides is 1. The molecule has 2 bridgehead atoms. The van der Waals surface area contributed by atoms with Crippen molar-refractivity contribution in [2.24, 2.45) is 23.5 Å².